The van der Waals surface area contributed by atoms with Crippen molar-refractivity contribution >= 4 is 45.6 Å². The molecule has 1 aliphatic heterocycles. The summed E-state index contributed by atoms with van der Waals surface area (Å²) in [5.41, 5.74) is 7.04. The van der Waals surface area contributed by atoms with Crippen LogP contribution in [0.5, 0.6) is 5.75 Å². The molecule has 0 saturated carbocycles. The zero-order chi connectivity index (χ0) is 27.6. The van der Waals surface area contributed by atoms with Crippen molar-refractivity contribution in [2.75, 3.05) is 12.9 Å². The van der Waals surface area contributed by atoms with Crippen LogP contribution in [-0.4, -0.2) is 34.1 Å². The Balaban J connectivity index is 1.25. The maximum absolute atomic E-state index is 13.7. The normalized spacial score (nSPS) is 15.0. The molecule has 6 rings (SSSR count). The molecule has 0 aliphatic carbocycles. The average molecular weight is 566 g/mol. The summed E-state index contributed by atoms with van der Waals surface area (Å²) in [6.07, 6.45) is 2.88. The fourth-order valence-electron chi connectivity index (χ4n) is 5.24. The number of aromatic nitrogens is 1. The van der Waals surface area contributed by atoms with E-state index < -0.39 is 0 Å². The first kappa shape index (κ1) is 26.4. The molecule has 7 heteroatoms. The highest BCUT2D eigenvalue weighted by Gasteiger charge is 2.33. The number of hydrazone groups is 1. The number of thioether (sulfide) groups is 1. The lowest BCUT2D eigenvalue weighted by molar-refractivity contribution is -0.130. The van der Waals surface area contributed by atoms with E-state index in [2.05, 4.69) is 78.5 Å². The zero-order valence-electron chi connectivity index (χ0n) is 22.8. The van der Waals surface area contributed by atoms with Crippen LogP contribution in [0.4, 0.5) is 0 Å². The Morgan fingerprint density at radius 1 is 1.05 bits per heavy atom. The Bertz CT molecular complexity index is 1690. The molecule has 5 nitrogen and oxygen atoms in total. The molecule has 3 aromatic carbocycles. The lowest BCUT2D eigenvalue weighted by Crippen LogP contribution is -2.28. The van der Waals surface area contributed by atoms with Crippen molar-refractivity contribution < 1.29 is 9.53 Å². The van der Waals surface area contributed by atoms with Gasteiger partial charge in [0.2, 0.25) is 0 Å². The number of hydrogen-bond acceptors (Lipinski definition) is 5. The maximum Gasteiger partial charge on any atom is 0.253 e. The van der Waals surface area contributed by atoms with E-state index in [9.17, 15) is 4.79 Å². The van der Waals surface area contributed by atoms with Crippen LogP contribution < -0.4 is 4.74 Å². The molecule has 1 amide bonds. The molecule has 0 saturated heterocycles. The summed E-state index contributed by atoms with van der Waals surface area (Å²) in [5.74, 6) is 1.11. The molecule has 1 aliphatic rings. The van der Waals surface area contributed by atoms with Gasteiger partial charge in [0.1, 0.15) is 5.75 Å². The van der Waals surface area contributed by atoms with Crippen molar-refractivity contribution in [1.29, 1.82) is 0 Å². The molecule has 1 atom stereocenters. The minimum absolute atomic E-state index is 0.00346. The number of rotatable bonds is 8. The molecular formula is C33H31N3O2S2. The van der Waals surface area contributed by atoms with E-state index in [1.54, 1.807) is 35.2 Å². The Morgan fingerprint density at radius 3 is 2.65 bits per heavy atom. The molecule has 40 heavy (non-hydrogen) atoms. The van der Waals surface area contributed by atoms with Gasteiger partial charge in [-0.1, -0.05) is 60.2 Å². The number of benzene rings is 3. The highest BCUT2D eigenvalue weighted by molar-refractivity contribution is 8.00. The second-order valence-electron chi connectivity index (χ2n) is 10.1. The molecule has 0 spiro atoms. The van der Waals surface area contributed by atoms with E-state index in [0.29, 0.717) is 12.2 Å². The van der Waals surface area contributed by atoms with Crippen LogP contribution in [-0.2, 0) is 11.3 Å². The van der Waals surface area contributed by atoms with E-state index in [-0.39, 0.29) is 11.9 Å². The van der Waals surface area contributed by atoms with E-state index in [1.165, 1.54) is 27.6 Å². The van der Waals surface area contributed by atoms with Gasteiger partial charge in [0.25, 0.3) is 5.91 Å². The standard InChI is InChI=1S/C33H31N3O2S2/c1-22-10-11-23(2)25(17-22)19-35-20-32(27-7-4-5-8-29(27)35)40-21-33(37)36-30(24-12-14-26(38-3)15-13-24)18-28(34-36)31-9-6-16-39-31/h4-17,20,30H,18-19,21H2,1-3H3/t30-/m1/s1. The van der Waals surface area contributed by atoms with Crippen molar-refractivity contribution in [2.45, 2.75) is 37.8 Å². The van der Waals surface area contributed by atoms with Crippen LogP contribution in [0.3, 0.4) is 0 Å². The number of ether oxygens (including phenoxy) is 1. The smallest absolute Gasteiger partial charge is 0.253 e. The number of para-hydroxylation sites is 1. The van der Waals surface area contributed by atoms with Crippen LogP contribution in [0.25, 0.3) is 10.9 Å². The molecular weight excluding hydrogens is 535 g/mol. The average Bonchev–Trinajstić information content (AvgIpc) is 3.73. The molecule has 3 heterocycles. The second kappa shape index (κ2) is 11.4. The quantitative estimate of drug-likeness (QED) is 0.180. The van der Waals surface area contributed by atoms with Crippen LogP contribution in [0, 0.1) is 13.8 Å². The van der Waals surface area contributed by atoms with Gasteiger partial charge in [-0.05, 0) is 60.2 Å². The topological polar surface area (TPSA) is 46.8 Å². The van der Waals surface area contributed by atoms with Gasteiger partial charge in [0.05, 0.1) is 29.5 Å². The summed E-state index contributed by atoms with van der Waals surface area (Å²) in [5, 5.41) is 9.76. The van der Waals surface area contributed by atoms with E-state index >= 15 is 0 Å². The number of aryl methyl sites for hydroxylation is 2. The van der Waals surface area contributed by atoms with Crippen LogP contribution >= 0.6 is 23.1 Å². The minimum atomic E-state index is -0.137. The fraction of sp³-hybridized carbons (Fsp3) is 0.212. The summed E-state index contributed by atoms with van der Waals surface area (Å²) < 4.78 is 7.65. The van der Waals surface area contributed by atoms with E-state index in [4.69, 9.17) is 9.84 Å². The number of carbonyl (C=O) groups excluding carboxylic acids is 1. The number of fused-ring (bicyclic) bond motifs is 1. The van der Waals surface area contributed by atoms with Gasteiger partial charge in [0.15, 0.2) is 0 Å². The van der Waals surface area contributed by atoms with Crippen molar-refractivity contribution in [3.8, 4) is 5.75 Å². The predicted molar refractivity (Wildman–Crippen MR) is 166 cm³/mol. The summed E-state index contributed by atoms with van der Waals surface area (Å²) >= 11 is 3.24. The summed E-state index contributed by atoms with van der Waals surface area (Å²) in [6.45, 7) is 5.09. The van der Waals surface area contributed by atoms with Gasteiger partial charge in [-0.2, -0.15) is 5.10 Å². The highest BCUT2D eigenvalue weighted by Crippen LogP contribution is 2.36. The van der Waals surface area contributed by atoms with Gasteiger partial charge >= 0.3 is 0 Å². The third kappa shape index (κ3) is 5.31. The van der Waals surface area contributed by atoms with Gasteiger partial charge in [0, 0.05) is 35.0 Å². The summed E-state index contributed by atoms with van der Waals surface area (Å²) in [4.78, 5) is 15.9. The fourth-order valence-corrected chi connectivity index (χ4v) is 6.90. The molecule has 202 valence electrons. The Morgan fingerprint density at radius 2 is 1.88 bits per heavy atom. The molecule has 0 unspecified atom stereocenters. The van der Waals surface area contributed by atoms with Gasteiger partial charge < -0.3 is 9.30 Å². The molecule has 5 aromatic rings. The molecule has 0 bridgehead atoms. The van der Waals surface area contributed by atoms with Crippen LogP contribution in [0.1, 0.15) is 39.6 Å². The van der Waals surface area contributed by atoms with Crippen molar-refractivity contribution in [2.24, 2.45) is 5.10 Å². The lowest BCUT2D eigenvalue weighted by atomic mass is 10.0. The maximum atomic E-state index is 13.7. The molecule has 0 fully saturated rings. The minimum Gasteiger partial charge on any atom is -0.497 e. The second-order valence-corrected chi connectivity index (χ2v) is 12.1. The highest BCUT2D eigenvalue weighted by atomic mass is 32.2. The van der Waals surface area contributed by atoms with Crippen molar-refractivity contribution in [1.82, 2.24) is 9.58 Å². The number of thiophene rings is 1. The van der Waals surface area contributed by atoms with Crippen molar-refractivity contribution in [3.63, 3.8) is 0 Å². The van der Waals surface area contributed by atoms with Crippen molar-refractivity contribution in [3.05, 3.63) is 118 Å². The number of amides is 1. The van der Waals surface area contributed by atoms with Gasteiger partial charge in [-0.15, -0.1) is 23.1 Å². The van der Waals surface area contributed by atoms with Gasteiger partial charge in [-0.25, -0.2) is 5.01 Å². The molecule has 0 radical (unpaired) electrons. The molecule has 0 N–H and O–H groups in total. The lowest BCUT2D eigenvalue weighted by Gasteiger charge is -2.22. The molecule has 2 aromatic heterocycles. The third-order valence-corrected chi connectivity index (χ3v) is 9.37. The van der Waals surface area contributed by atoms with Gasteiger partial charge in [-0.3, -0.25) is 4.79 Å². The first-order valence-electron chi connectivity index (χ1n) is 13.3. The first-order chi connectivity index (χ1) is 19.5. The summed E-state index contributed by atoms with van der Waals surface area (Å²) in [6, 6.07) is 27.0. The SMILES string of the molecule is COc1ccc([C@H]2CC(c3cccs3)=NN2C(=O)CSc2cn(Cc3cc(C)ccc3C)c3ccccc23)cc1. The number of hydrogen-bond donors (Lipinski definition) is 0. The summed E-state index contributed by atoms with van der Waals surface area (Å²) in [7, 11) is 1.66. The number of methoxy groups -OCH3 is 1. The Hall–Kier alpha value is -3.81. The first-order valence-corrected chi connectivity index (χ1v) is 15.2. The zero-order valence-corrected chi connectivity index (χ0v) is 24.5. The largest absolute Gasteiger partial charge is 0.497 e. The predicted octanol–water partition coefficient (Wildman–Crippen LogP) is 7.85. The van der Waals surface area contributed by atoms with E-state index in [0.717, 1.165) is 33.3 Å². The third-order valence-electron chi connectivity index (χ3n) is 7.42. The number of carbonyl (C=O) groups is 1. The Labute approximate surface area is 243 Å². The Kier molecular flexibility index (Phi) is 7.50. The monoisotopic (exact) mass is 565 g/mol. The number of nitrogens with zero attached hydrogens (tertiary/aromatic N) is 3. The van der Waals surface area contributed by atoms with E-state index in [1.807, 2.05) is 30.3 Å². The van der Waals surface area contributed by atoms with Crippen LogP contribution in [0.15, 0.2) is 100 Å². The van der Waals surface area contributed by atoms with Crippen LogP contribution in [0.2, 0.25) is 0 Å².